The van der Waals surface area contributed by atoms with Crippen molar-refractivity contribution in [3.63, 3.8) is 0 Å². The third-order valence-electron chi connectivity index (χ3n) is 3.72. The average Bonchev–Trinajstić information content (AvgIpc) is 2.42. The molecule has 4 heteroatoms. The highest BCUT2D eigenvalue weighted by Gasteiger charge is 2.16. The number of nitrogens with one attached hydrogen (secondary N) is 1. The minimum atomic E-state index is 0.759. The van der Waals surface area contributed by atoms with Gasteiger partial charge in [-0.1, -0.05) is 22.0 Å². The van der Waals surface area contributed by atoms with Crippen molar-refractivity contribution in [2.24, 2.45) is 5.92 Å². The molecule has 1 fully saturated rings. The molecule has 0 aliphatic carbocycles. The van der Waals surface area contributed by atoms with Gasteiger partial charge in [-0.05, 0) is 43.5 Å². The summed E-state index contributed by atoms with van der Waals surface area (Å²) in [6.45, 7) is 3.85. The summed E-state index contributed by atoms with van der Waals surface area (Å²) >= 11 is 3.65. The maximum absolute atomic E-state index is 5.42. The van der Waals surface area contributed by atoms with Crippen LogP contribution in [0.15, 0.2) is 22.7 Å². The van der Waals surface area contributed by atoms with Crippen LogP contribution in [0, 0.1) is 5.92 Å². The molecule has 2 rings (SSSR count). The Hall–Kier alpha value is -0.580. The van der Waals surface area contributed by atoms with Crippen molar-refractivity contribution in [3.05, 3.63) is 28.2 Å². The topological polar surface area (TPSA) is 24.5 Å². The lowest BCUT2D eigenvalue weighted by Gasteiger charge is -2.28. The molecule has 106 valence electrons. The van der Waals surface area contributed by atoms with Gasteiger partial charge >= 0.3 is 0 Å². The zero-order valence-corrected chi connectivity index (χ0v) is 13.4. The Kier molecular flexibility index (Phi) is 5.67. The van der Waals surface area contributed by atoms with Crippen molar-refractivity contribution in [2.75, 3.05) is 38.8 Å². The predicted octanol–water partition coefficient (Wildman–Crippen LogP) is 3.03. The first kappa shape index (κ1) is 14.8. The summed E-state index contributed by atoms with van der Waals surface area (Å²) < 4.78 is 6.59. The largest absolute Gasteiger partial charge is 0.381 e. The fraction of sp³-hybridized carbons (Fsp3) is 0.600. The zero-order chi connectivity index (χ0) is 13.7. The van der Waals surface area contributed by atoms with Crippen LogP contribution in [0.4, 0.5) is 5.69 Å². The number of ether oxygens (including phenoxy) is 1. The lowest BCUT2D eigenvalue weighted by molar-refractivity contribution is 0.0685. The van der Waals surface area contributed by atoms with E-state index in [1.165, 1.54) is 28.6 Å². The first-order valence-electron chi connectivity index (χ1n) is 6.92. The Bertz CT molecular complexity index is 405. The van der Waals surface area contributed by atoms with Crippen molar-refractivity contribution in [3.8, 4) is 0 Å². The Morgan fingerprint density at radius 3 is 2.74 bits per heavy atom. The monoisotopic (exact) mass is 326 g/mol. The summed E-state index contributed by atoms with van der Waals surface area (Å²) in [7, 11) is 4.15. The van der Waals surface area contributed by atoms with Crippen LogP contribution in [0.25, 0.3) is 0 Å². The van der Waals surface area contributed by atoms with Crippen molar-refractivity contribution >= 4 is 21.6 Å². The molecule has 1 N–H and O–H groups in total. The van der Waals surface area contributed by atoms with Crippen LogP contribution in [0.2, 0.25) is 0 Å². The minimum Gasteiger partial charge on any atom is -0.381 e. The van der Waals surface area contributed by atoms with E-state index in [0.717, 1.165) is 32.2 Å². The minimum absolute atomic E-state index is 0.759. The van der Waals surface area contributed by atoms with Gasteiger partial charge in [0, 0.05) is 43.5 Å². The summed E-state index contributed by atoms with van der Waals surface area (Å²) in [5, 5.41) is 3.18. The highest BCUT2D eigenvalue weighted by Crippen LogP contribution is 2.25. The number of hydrogen-bond acceptors (Lipinski definition) is 3. The first-order chi connectivity index (χ1) is 9.20. The maximum atomic E-state index is 5.42. The van der Waals surface area contributed by atoms with Gasteiger partial charge in [-0.2, -0.15) is 0 Å². The quantitative estimate of drug-likeness (QED) is 0.900. The van der Waals surface area contributed by atoms with Gasteiger partial charge in [0.1, 0.15) is 0 Å². The van der Waals surface area contributed by atoms with Crippen LogP contribution in [-0.4, -0.2) is 33.9 Å². The second kappa shape index (κ2) is 7.27. The lowest BCUT2D eigenvalue weighted by Crippen LogP contribution is -2.29. The van der Waals surface area contributed by atoms with Gasteiger partial charge in [0.15, 0.2) is 0 Å². The molecule has 0 atom stereocenters. The van der Waals surface area contributed by atoms with Crippen molar-refractivity contribution in [1.29, 1.82) is 0 Å². The van der Waals surface area contributed by atoms with Crippen LogP contribution < -0.4 is 10.2 Å². The summed E-state index contributed by atoms with van der Waals surface area (Å²) in [5.74, 6) is 0.759. The predicted molar refractivity (Wildman–Crippen MR) is 83.7 cm³/mol. The van der Waals surface area contributed by atoms with Crippen LogP contribution in [0.1, 0.15) is 18.4 Å². The van der Waals surface area contributed by atoms with E-state index in [1.54, 1.807) is 0 Å². The molecule has 3 nitrogen and oxygen atoms in total. The molecular weight excluding hydrogens is 304 g/mol. The van der Waals surface area contributed by atoms with Gasteiger partial charge in [0.2, 0.25) is 0 Å². The molecule has 1 aromatic carbocycles. The van der Waals surface area contributed by atoms with E-state index in [-0.39, 0.29) is 0 Å². The molecule has 0 unspecified atom stereocenters. The van der Waals surface area contributed by atoms with Gasteiger partial charge < -0.3 is 15.0 Å². The molecular formula is C15H23BrN2O. The Balaban J connectivity index is 1.98. The van der Waals surface area contributed by atoms with Gasteiger partial charge in [0.05, 0.1) is 0 Å². The van der Waals surface area contributed by atoms with Gasteiger partial charge in [-0.25, -0.2) is 0 Å². The number of hydrogen-bond donors (Lipinski definition) is 1. The Morgan fingerprint density at radius 1 is 1.37 bits per heavy atom. The third kappa shape index (κ3) is 4.20. The number of halogens is 1. The summed E-state index contributed by atoms with van der Waals surface area (Å²) in [5.41, 5.74) is 2.57. The van der Waals surface area contributed by atoms with Crippen LogP contribution in [-0.2, 0) is 11.3 Å². The standard InChI is InChI=1S/C15H23BrN2O/c1-17-10-13-3-4-14(9-15(13)16)18(2)11-12-5-7-19-8-6-12/h3-4,9,12,17H,5-8,10-11H2,1-2H3. The molecule has 0 amide bonds. The summed E-state index contributed by atoms with van der Waals surface area (Å²) in [6.07, 6.45) is 2.37. The Morgan fingerprint density at radius 2 is 2.11 bits per heavy atom. The highest BCUT2D eigenvalue weighted by atomic mass is 79.9. The maximum Gasteiger partial charge on any atom is 0.0469 e. The zero-order valence-electron chi connectivity index (χ0n) is 11.8. The molecule has 19 heavy (non-hydrogen) atoms. The highest BCUT2D eigenvalue weighted by molar-refractivity contribution is 9.10. The number of rotatable bonds is 5. The van der Waals surface area contributed by atoms with E-state index in [9.17, 15) is 0 Å². The number of anilines is 1. The van der Waals surface area contributed by atoms with E-state index in [0.29, 0.717) is 0 Å². The van der Waals surface area contributed by atoms with Gasteiger partial charge in [-0.3, -0.25) is 0 Å². The van der Waals surface area contributed by atoms with E-state index in [2.05, 4.69) is 51.4 Å². The molecule has 0 bridgehead atoms. The molecule has 0 radical (unpaired) electrons. The molecule has 1 heterocycles. The molecule has 0 saturated carbocycles. The fourth-order valence-corrected chi connectivity index (χ4v) is 3.04. The second-order valence-electron chi connectivity index (χ2n) is 5.24. The van der Waals surface area contributed by atoms with Crippen molar-refractivity contribution in [1.82, 2.24) is 5.32 Å². The summed E-state index contributed by atoms with van der Waals surface area (Å²) in [6, 6.07) is 6.61. The third-order valence-corrected chi connectivity index (χ3v) is 4.46. The smallest absolute Gasteiger partial charge is 0.0469 e. The fourth-order valence-electron chi connectivity index (χ4n) is 2.53. The lowest BCUT2D eigenvalue weighted by atomic mass is 9.99. The Labute approximate surface area is 124 Å². The normalized spacial score (nSPS) is 16.6. The van der Waals surface area contributed by atoms with Crippen molar-refractivity contribution in [2.45, 2.75) is 19.4 Å². The van der Waals surface area contributed by atoms with E-state index >= 15 is 0 Å². The molecule has 1 aliphatic rings. The van der Waals surface area contributed by atoms with E-state index in [4.69, 9.17) is 4.74 Å². The molecule has 1 aromatic rings. The molecule has 0 spiro atoms. The average molecular weight is 327 g/mol. The molecule has 1 aliphatic heterocycles. The molecule has 1 saturated heterocycles. The van der Waals surface area contributed by atoms with E-state index < -0.39 is 0 Å². The molecule has 0 aromatic heterocycles. The van der Waals surface area contributed by atoms with Crippen LogP contribution in [0.3, 0.4) is 0 Å². The van der Waals surface area contributed by atoms with Gasteiger partial charge in [-0.15, -0.1) is 0 Å². The SMILES string of the molecule is CNCc1ccc(N(C)CC2CCOCC2)cc1Br. The summed E-state index contributed by atoms with van der Waals surface area (Å²) in [4.78, 5) is 2.35. The van der Waals surface area contributed by atoms with E-state index in [1.807, 2.05) is 7.05 Å². The van der Waals surface area contributed by atoms with Gasteiger partial charge in [0.25, 0.3) is 0 Å². The second-order valence-corrected chi connectivity index (χ2v) is 6.10. The number of benzene rings is 1. The number of nitrogens with zero attached hydrogens (tertiary/aromatic N) is 1. The van der Waals surface area contributed by atoms with Crippen LogP contribution >= 0.6 is 15.9 Å². The van der Waals surface area contributed by atoms with Crippen molar-refractivity contribution < 1.29 is 4.74 Å². The first-order valence-corrected chi connectivity index (χ1v) is 7.72. The van der Waals surface area contributed by atoms with Crippen LogP contribution in [0.5, 0.6) is 0 Å².